The molecule has 2 rings (SSSR count). The molecule has 1 amide bonds. The molecule has 1 atom stereocenters. The van der Waals surface area contributed by atoms with E-state index in [1.165, 1.54) is 9.75 Å². The Balaban J connectivity index is 2.38. The lowest BCUT2D eigenvalue weighted by atomic mass is 10.1. The van der Waals surface area contributed by atoms with Gasteiger partial charge in [-0.05, 0) is 23.1 Å². The van der Waals surface area contributed by atoms with Gasteiger partial charge in [0, 0.05) is 4.53 Å². The van der Waals surface area contributed by atoms with E-state index in [4.69, 9.17) is 0 Å². The molecule has 1 aliphatic carbocycles. The van der Waals surface area contributed by atoms with Crippen LogP contribution in [-0.4, -0.2) is 12.5 Å². The summed E-state index contributed by atoms with van der Waals surface area (Å²) in [5, 5.41) is 6.06. The van der Waals surface area contributed by atoms with Crippen molar-refractivity contribution in [3.8, 4) is 0 Å². The molecule has 3 heteroatoms. The predicted molar refractivity (Wildman–Crippen MR) is 50.1 cm³/mol. The van der Waals surface area contributed by atoms with Crippen LogP contribution >= 0.6 is 11.3 Å². The first-order valence-electron chi connectivity index (χ1n) is 3.85. The summed E-state index contributed by atoms with van der Waals surface area (Å²) in [6.45, 7) is 0. The van der Waals surface area contributed by atoms with Gasteiger partial charge in [0.2, 0.25) is 6.41 Å². The Morgan fingerprint density at radius 1 is 1.67 bits per heavy atom. The monoisotopic (exact) mass is 179 g/mol. The van der Waals surface area contributed by atoms with Crippen LogP contribution in [0.2, 0.25) is 0 Å². The summed E-state index contributed by atoms with van der Waals surface area (Å²) >= 11 is 1.74. The molecule has 0 aromatic carbocycles. The number of rotatable bonds is 2. The molecule has 1 unspecified atom stereocenters. The molecule has 12 heavy (non-hydrogen) atoms. The molecule has 1 aromatic heterocycles. The molecule has 62 valence electrons. The third-order valence-corrected chi connectivity index (χ3v) is 2.88. The van der Waals surface area contributed by atoms with Crippen molar-refractivity contribution in [1.29, 1.82) is 0 Å². The van der Waals surface area contributed by atoms with Crippen molar-refractivity contribution in [1.82, 2.24) is 5.32 Å². The van der Waals surface area contributed by atoms with E-state index in [-0.39, 0.29) is 6.04 Å². The largest absolute Gasteiger partial charge is 0.352 e. The molecule has 0 radical (unpaired) electrons. The highest BCUT2D eigenvalue weighted by Crippen LogP contribution is 1.98. The van der Waals surface area contributed by atoms with Crippen LogP contribution in [-0.2, 0) is 4.79 Å². The van der Waals surface area contributed by atoms with Crippen molar-refractivity contribution in [2.45, 2.75) is 12.5 Å². The minimum Gasteiger partial charge on any atom is -0.352 e. The second kappa shape index (κ2) is 3.11. The van der Waals surface area contributed by atoms with Crippen LogP contribution in [0.25, 0.3) is 12.2 Å². The van der Waals surface area contributed by atoms with E-state index in [0.717, 1.165) is 12.8 Å². The van der Waals surface area contributed by atoms with Gasteiger partial charge in [-0.25, -0.2) is 0 Å². The summed E-state index contributed by atoms with van der Waals surface area (Å²) in [7, 11) is 0. The van der Waals surface area contributed by atoms with Crippen molar-refractivity contribution < 1.29 is 4.79 Å². The number of hydrogen-bond donors (Lipinski definition) is 1. The van der Waals surface area contributed by atoms with Gasteiger partial charge in [0.1, 0.15) is 0 Å². The highest BCUT2D eigenvalue weighted by Gasteiger charge is 2.05. The molecule has 0 fully saturated rings. The van der Waals surface area contributed by atoms with Crippen molar-refractivity contribution in [3.63, 3.8) is 0 Å². The number of carbonyl (C=O) groups excluding carboxylic acids is 1. The summed E-state index contributed by atoms with van der Waals surface area (Å²) in [6, 6.07) is 2.26. The zero-order valence-corrected chi connectivity index (χ0v) is 7.30. The van der Waals surface area contributed by atoms with E-state index in [0.29, 0.717) is 0 Å². The van der Waals surface area contributed by atoms with Gasteiger partial charge < -0.3 is 5.32 Å². The van der Waals surface area contributed by atoms with Gasteiger partial charge in [-0.15, -0.1) is 11.3 Å². The van der Waals surface area contributed by atoms with Crippen LogP contribution in [0.3, 0.4) is 0 Å². The fraction of sp³-hybridized carbons (Fsp3) is 0.222. The van der Waals surface area contributed by atoms with Crippen LogP contribution in [0.1, 0.15) is 6.42 Å². The smallest absolute Gasteiger partial charge is 0.207 e. The normalized spacial score (nSPS) is 20.2. The molecule has 1 aromatic rings. The number of thiophene rings is 1. The Morgan fingerprint density at radius 3 is 3.42 bits per heavy atom. The lowest BCUT2D eigenvalue weighted by molar-refractivity contribution is -0.109. The van der Waals surface area contributed by atoms with Crippen LogP contribution in [0.15, 0.2) is 11.4 Å². The van der Waals surface area contributed by atoms with E-state index in [2.05, 4.69) is 28.9 Å². The van der Waals surface area contributed by atoms with Crippen molar-refractivity contribution in [2.75, 3.05) is 0 Å². The van der Waals surface area contributed by atoms with Gasteiger partial charge in [0.15, 0.2) is 0 Å². The minimum atomic E-state index is 0.185. The number of nitrogens with one attached hydrogen (secondary N) is 1. The van der Waals surface area contributed by atoms with E-state index in [9.17, 15) is 4.79 Å². The zero-order valence-electron chi connectivity index (χ0n) is 6.49. The van der Waals surface area contributed by atoms with Crippen molar-refractivity contribution in [3.05, 3.63) is 21.2 Å². The topological polar surface area (TPSA) is 29.1 Å². The third-order valence-electron chi connectivity index (χ3n) is 1.95. The maximum atomic E-state index is 10.2. The molecule has 2 nitrogen and oxygen atoms in total. The molecule has 0 spiro atoms. The van der Waals surface area contributed by atoms with E-state index in [1.54, 1.807) is 11.3 Å². The molecule has 1 aliphatic rings. The molecule has 1 heterocycles. The Hall–Kier alpha value is -1.09. The summed E-state index contributed by atoms with van der Waals surface area (Å²) in [4.78, 5) is 10.2. The minimum absolute atomic E-state index is 0.185. The van der Waals surface area contributed by atoms with Gasteiger partial charge in [0.05, 0.1) is 6.04 Å². The van der Waals surface area contributed by atoms with Crippen LogP contribution in [0.5, 0.6) is 0 Å². The lowest BCUT2D eigenvalue weighted by Crippen LogP contribution is -2.33. The van der Waals surface area contributed by atoms with Gasteiger partial charge in [0.25, 0.3) is 0 Å². The molecule has 1 N–H and O–H groups in total. The first-order valence-corrected chi connectivity index (χ1v) is 4.73. The van der Waals surface area contributed by atoms with Crippen molar-refractivity contribution >= 4 is 29.9 Å². The second-order valence-corrected chi connectivity index (χ2v) is 3.69. The summed E-state index contributed by atoms with van der Waals surface area (Å²) in [6.07, 6.45) is 5.93. The molecule has 0 aliphatic heterocycles. The summed E-state index contributed by atoms with van der Waals surface area (Å²) in [5.41, 5.74) is 0. The quantitative estimate of drug-likeness (QED) is 0.627. The maximum absolute atomic E-state index is 10.2. The van der Waals surface area contributed by atoms with Gasteiger partial charge in [-0.1, -0.05) is 12.2 Å². The molecular formula is C9H9NOS. The molecule has 0 saturated carbocycles. The highest BCUT2D eigenvalue weighted by atomic mass is 32.1. The van der Waals surface area contributed by atoms with Crippen molar-refractivity contribution in [2.24, 2.45) is 0 Å². The third kappa shape index (κ3) is 1.28. The first kappa shape index (κ1) is 7.55. The first-order chi connectivity index (χ1) is 5.90. The Bertz CT molecular complexity index is 393. The SMILES string of the molecule is O=CNC1C=c2ccsc2=CC1. The zero-order chi connectivity index (χ0) is 8.39. The van der Waals surface area contributed by atoms with E-state index < -0.39 is 0 Å². The fourth-order valence-corrected chi connectivity index (χ4v) is 2.18. The molecular weight excluding hydrogens is 170 g/mol. The lowest BCUT2D eigenvalue weighted by Gasteiger charge is -2.10. The number of fused-ring (bicyclic) bond motifs is 1. The van der Waals surface area contributed by atoms with Crippen LogP contribution in [0.4, 0.5) is 0 Å². The van der Waals surface area contributed by atoms with Crippen LogP contribution in [0, 0.1) is 0 Å². The van der Waals surface area contributed by atoms with E-state index >= 15 is 0 Å². The Kier molecular flexibility index (Phi) is 1.96. The van der Waals surface area contributed by atoms with Gasteiger partial charge in [-0.3, -0.25) is 4.79 Å². The Morgan fingerprint density at radius 2 is 2.58 bits per heavy atom. The number of carbonyl (C=O) groups is 1. The van der Waals surface area contributed by atoms with Gasteiger partial charge >= 0.3 is 0 Å². The van der Waals surface area contributed by atoms with Gasteiger partial charge in [-0.2, -0.15) is 0 Å². The maximum Gasteiger partial charge on any atom is 0.207 e. The average molecular weight is 179 g/mol. The number of hydrogen-bond acceptors (Lipinski definition) is 2. The molecule has 0 bridgehead atoms. The van der Waals surface area contributed by atoms with E-state index in [1.807, 2.05) is 0 Å². The predicted octanol–water partition coefficient (Wildman–Crippen LogP) is -0.173. The molecule has 0 saturated heterocycles. The Labute approximate surface area is 74.2 Å². The summed E-state index contributed by atoms with van der Waals surface area (Å²) < 4.78 is 1.32. The average Bonchev–Trinajstić information content (AvgIpc) is 2.51. The highest BCUT2D eigenvalue weighted by molar-refractivity contribution is 7.07. The summed E-state index contributed by atoms with van der Waals surface area (Å²) in [5.74, 6) is 0. The second-order valence-electron chi connectivity index (χ2n) is 2.74. The standard InChI is InChI=1S/C9H9NOS/c11-6-10-8-1-2-9-7(5-8)3-4-12-9/h2-6,8H,1H2,(H,10,11). The van der Waals surface area contributed by atoms with Crippen LogP contribution < -0.4 is 15.1 Å². The number of amides is 1. The fourth-order valence-electron chi connectivity index (χ4n) is 1.36.